The third kappa shape index (κ3) is 3.03. The van der Waals surface area contributed by atoms with Gasteiger partial charge in [-0.2, -0.15) is 0 Å². The van der Waals surface area contributed by atoms with Gasteiger partial charge in [0, 0.05) is 12.7 Å². The Balaban J connectivity index is 2.14. The predicted molar refractivity (Wildman–Crippen MR) is 71.2 cm³/mol. The lowest BCUT2D eigenvalue weighted by molar-refractivity contribution is 0.0698. The summed E-state index contributed by atoms with van der Waals surface area (Å²) in [7, 11) is -3.86. The monoisotopic (exact) mass is 316 g/mol. The number of hydrogen-bond acceptors (Lipinski definition) is 6. The number of sulfonamides is 1. The fraction of sp³-hybridized carbons (Fsp3) is 0.300. The van der Waals surface area contributed by atoms with Crippen molar-refractivity contribution >= 4 is 27.3 Å². The predicted octanol–water partition coefficient (Wildman–Crippen LogP) is 0.325. The normalized spacial score (nSPS) is 11.7. The number of carbonyl (C=O) groups is 1. The minimum Gasteiger partial charge on any atom is -0.477 e. The van der Waals surface area contributed by atoms with Crippen LogP contribution in [0.25, 0.3) is 0 Å². The second-order valence-electron chi connectivity index (χ2n) is 3.95. The number of aromatic carboxylic acids is 1. The summed E-state index contributed by atoms with van der Waals surface area (Å²) in [5, 5.41) is 17.8. The van der Waals surface area contributed by atoms with Crippen molar-refractivity contribution in [2.24, 2.45) is 0 Å². The van der Waals surface area contributed by atoms with Crippen molar-refractivity contribution in [2.75, 3.05) is 6.54 Å². The molecule has 108 valence electrons. The Kier molecular flexibility index (Phi) is 4.16. The van der Waals surface area contributed by atoms with Crippen LogP contribution >= 0.6 is 11.3 Å². The van der Waals surface area contributed by atoms with Gasteiger partial charge in [-0.3, -0.25) is 4.68 Å². The molecule has 2 heterocycles. The molecular weight excluding hydrogens is 304 g/mol. The van der Waals surface area contributed by atoms with Crippen LogP contribution in [0.1, 0.15) is 15.2 Å². The zero-order valence-electron chi connectivity index (χ0n) is 10.5. The van der Waals surface area contributed by atoms with Crippen LogP contribution in [0.3, 0.4) is 0 Å². The van der Waals surface area contributed by atoms with Crippen molar-refractivity contribution in [3.63, 3.8) is 0 Å². The standard InChI is InChI=1S/C10H12N4O4S2/c1-7-6-19-8(10(15)16)9(7)20(17,18)12-3-5-14-4-2-11-13-14/h2,4,6,12H,3,5H2,1H3,(H,15,16). The molecule has 2 aromatic heterocycles. The molecule has 10 heteroatoms. The van der Waals surface area contributed by atoms with Gasteiger partial charge >= 0.3 is 5.97 Å². The van der Waals surface area contributed by atoms with E-state index in [1.165, 1.54) is 16.3 Å². The highest BCUT2D eigenvalue weighted by Gasteiger charge is 2.26. The fourth-order valence-electron chi connectivity index (χ4n) is 1.63. The summed E-state index contributed by atoms with van der Waals surface area (Å²) >= 11 is 0.896. The summed E-state index contributed by atoms with van der Waals surface area (Å²) in [4.78, 5) is 10.7. The maximum atomic E-state index is 12.2. The van der Waals surface area contributed by atoms with Crippen LogP contribution < -0.4 is 4.72 Å². The van der Waals surface area contributed by atoms with Gasteiger partial charge in [-0.25, -0.2) is 17.9 Å². The molecule has 0 bridgehead atoms. The Bertz CT molecular complexity index is 706. The number of thiophene rings is 1. The molecule has 0 fully saturated rings. The maximum Gasteiger partial charge on any atom is 0.347 e. The average Bonchev–Trinajstić information content (AvgIpc) is 2.98. The Hall–Kier alpha value is -1.78. The van der Waals surface area contributed by atoms with Gasteiger partial charge in [0.15, 0.2) is 0 Å². The number of aromatic nitrogens is 3. The van der Waals surface area contributed by atoms with Crippen LogP contribution in [0.2, 0.25) is 0 Å². The molecule has 0 aromatic carbocycles. The summed E-state index contributed by atoms with van der Waals surface area (Å²) in [6.07, 6.45) is 3.09. The van der Waals surface area contributed by atoms with Crippen molar-refractivity contribution in [3.05, 3.63) is 28.2 Å². The first-order valence-electron chi connectivity index (χ1n) is 5.57. The molecule has 2 aromatic rings. The fourth-order valence-corrected chi connectivity index (χ4v) is 4.28. The quantitative estimate of drug-likeness (QED) is 0.793. The first kappa shape index (κ1) is 14.6. The highest BCUT2D eigenvalue weighted by Crippen LogP contribution is 2.26. The van der Waals surface area contributed by atoms with Gasteiger partial charge in [0.2, 0.25) is 10.0 Å². The van der Waals surface area contributed by atoms with E-state index in [0.29, 0.717) is 12.1 Å². The number of hydrogen-bond donors (Lipinski definition) is 2. The Morgan fingerprint density at radius 3 is 2.90 bits per heavy atom. The summed E-state index contributed by atoms with van der Waals surface area (Å²) in [6, 6.07) is 0. The Morgan fingerprint density at radius 1 is 1.55 bits per heavy atom. The first-order valence-corrected chi connectivity index (χ1v) is 7.93. The number of carboxylic acid groups (broad SMARTS) is 1. The largest absolute Gasteiger partial charge is 0.477 e. The molecule has 0 spiro atoms. The van der Waals surface area contributed by atoms with Gasteiger partial charge < -0.3 is 5.11 Å². The third-order valence-corrected chi connectivity index (χ3v) is 5.35. The van der Waals surface area contributed by atoms with E-state index < -0.39 is 16.0 Å². The molecule has 0 aliphatic carbocycles. The van der Waals surface area contributed by atoms with E-state index in [0.717, 1.165) is 11.3 Å². The number of nitrogens with one attached hydrogen (secondary N) is 1. The van der Waals surface area contributed by atoms with Gasteiger partial charge in [0.05, 0.1) is 12.7 Å². The lowest BCUT2D eigenvalue weighted by atomic mass is 10.3. The zero-order valence-corrected chi connectivity index (χ0v) is 12.1. The lowest BCUT2D eigenvalue weighted by Gasteiger charge is -2.07. The molecule has 0 atom stereocenters. The van der Waals surface area contributed by atoms with Gasteiger partial charge in [-0.15, -0.1) is 16.4 Å². The van der Waals surface area contributed by atoms with Crippen LogP contribution in [-0.2, 0) is 16.6 Å². The molecule has 0 radical (unpaired) electrons. The zero-order chi connectivity index (χ0) is 14.8. The van der Waals surface area contributed by atoms with E-state index in [-0.39, 0.29) is 16.3 Å². The van der Waals surface area contributed by atoms with E-state index in [1.54, 1.807) is 13.1 Å². The van der Waals surface area contributed by atoms with Gasteiger partial charge in [-0.1, -0.05) is 5.21 Å². The summed E-state index contributed by atoms with van der Waals surface area (Å²) in [6.45, 7) is 1.97. The molecule has 0 aliphatic rings. The molecule has 2 rings (SSSR count). The summed E-state index contributed by atoms with van der Waals surface area (Å²) in [5.74, 6) is -1.25. The van der Waals surface area contributed by atoms with Gasteiger partial charge in [-0.05, 0) is 17.9 Å². The Morgan fingerprint density at radius 2 is 2.30 bits per heavy atom. The molecule has 0 aliphatic heterocycles. The second kappa shape index (κ2) is 5.69. The first-order chi connectivity index (χ1) is 9.42. The van der Waals surface area contributed by atoms with Crippen LogP contribution in [0.4, 0.5) is 0 Å². The van der Waals surface area contributed by atoms with Crippen LogP contribution in [0.15, 0.2) is 22.7 Å². The van der Waals surface area contributed by atoms with Crippen LogP contribution in [0.5, 0.6) is 0 Å². The molecule has 0 unspecified atom stereocenters. The van der Waals surface area contributed by atoms with Gasteiger partial charge in [0.25, 0.3) is 0 Å². The summed E-state index contributed by atoms with van der Waals surface area (Å²) < 4.78 is 28.1. The van der Waals surface area contributed by atoms with E-state index in [4.69, 9.17) is 5.11 Å². The van der Waals surface area contributed by atoms with Crippen LogP contribution in [-0.4, -0.2) is 41.0 Å². The van der Waals surface area contributed by atoms with E-state index in [9.17, 15) is 13.2 Å². The number of carboxylic acids is 1. The van der Waals surface area contributed by atoms with Crippen molar-refractivity contribution < 1.29 is 18.3 Å². The molecule has 0 saturated carbocycles. The SMILES string of the molecule is Cc1csc(C(=O)O)c1S(=O)(=O)NCCn1ccnn1. The third-order valence-electron chi connectivity index (χ3n) is 2.49. The maximum absolute atomic E-state index is 12.2. The Labute approximate surface area is 119 Å². The number of aryl methyl sites for hydroxylation is 1. The smallest absolute Gasteiger partial charge is 0.347 e. The van der Waals surface area contributed by atoms with Gasteiger partial charge in [0.1, 0.15) is 9.77 Å². The molecule has 0 amide bonds. The van der Waals surface area contributed by atoms with E-state index in [2.05, 4.69) is 15.0 Å². The average molecular weight is 316 g/mol. The molecule has 0 saturated heterocycles. The molecule has 2 N–H and O–H groups in total. The highest BCUT2D eigenvalue weighted by atomic mass is 32.2. The topological polar surface area (TPSA) is 114 Å². The van der Waals surface area contributed by atoms with E-state index in [1.807, 2.05) is 0 Å². The number of nitrogens with zero attached hydrogens (tertiary/aromatic N) is 3. The van der Waals surface area contributed by atoms with Crippen molar-refractivity contribution in [3.8, 4) is 0 Å². The minimum absolute atomic E-state index is 0.0973. The van der Waals surface area contributed by atoms with Crippen molar-refractivity contribution in [1.82, 2.24) is 19.7 Å². The van der Waals surface area contributed by atoms with E-state index >= 15 is 0 Å². The second-order valence-corrected chi connectivity index (χ2v) is 6.53. The summed E-state index contributed by atoms with van der Waals surface area (Å²) in [5.41, 5.74) is 0.417. The van der Waals surface area contributed by atoms with Crippen LogP contribution in [0, 0.1) is 6.92 Å². The highest BCUT2D eigenvalue weighted by molar-refractivity contribution is 7.89. The molecule has 20 heavy (non-hydrogen) atoms. The van der Waals surface area contributed by atoms with Crippen molar-refractivity contribution in [1.29, 1.82) is 0 Å². The number of rotatable bonds is 6. The van der Waals surface area contributed by atoms with Crippen molar-refractivity contribution in [2.45, 2.75) is 18.4 Å². The lowest BCUT2D eigenvalue weighted by Crippen LogP contribution is -2.28. The molecular formula is C10H12N4O4S2. The molecule has 8 nitrogen and oxygen atoms in total. The minimum atomic E-state index is -3.86.